The lowest BCUT2D eigenvalue weighted by molar-refractivity contribution is 0.215. The van der Waals surface area contributed by atoms with Crippen LogP contribution in [0, 0.1) is 19.8 Å². The van der Waals surface area contributed by atoms with E-state index in [2.05, 4.69) is 38.2 Å². The van der Waals surface area contributed by atoms with Gasteiger partial charge in [0, 0.05) is 5.69 Å². The number of anilines is 1. The monoisotopic (exact) mass is 349 g/mol. The molecule has 0 bridgehead atoms. The maximum Gasteiger partial charge on any atom is 0.417 e. The van der Waals surface area contributed by atoms with Gasteiger partial charge in [0.25, 0.3) is 0 Å². The molecule has 2 aromatic carbocycles. The summed E-state index contributed by atoms with van der Waals surface area (Å²) in [6.45, 7) is 10.7. The molecule has 0 aliphatic heterocycles. The van der Waals surface area contributed by atoms with Gasteiger partial charge in [-0.3, -0.25) is 5.32 Å². The summed E-state index contributed by atoms with van der Waals surface area (Å²) in [7, 11) is 0. The van der Waals surface area contributed by atoms with Crippen molar-refractivity contribution >= 4 is 17.4 Å². The molecular weight excluding hydrogens is 322 g/mol. The highest BCUT2D eigenvalue weighted by atomic mass is 16.6. The molecule has 0 spiro atoms. The van der Waals surface area contributed by atoms with E-state index in [1.165, 1.54) is 16.7 Å². The van der Waals surface area contributed by atoms with Crippen molar-refractivity contribution in [2.24, 2.45) is 5.92 Å². The van der Waals surface area contributed by atoms with Crippen molar-refractivity contribution in [3.8, 4) is 5.75 Å². The summed E-state index contributed by atoms with van der Waals surface area (Å²) in [6.07, 6.45) is 2.90. The molecule has 1 N–H and O–H groups in total. The van der Waals surface area contributed by atoms with E-state index < -0.39 is 6.09 Å². The third-order valence-electron chi connectivity index (χ3n) is 5.15. The lowest BCUT2D eigenvalue weighted by Gasteiger charge is -2.28. The van der Waals surface area contributed by atoms with Crippen LogP contribution < -0.4 is 10.1 Å². The summed E-state index contributed by atoms with van der Waals surface area (Å²) in [5.41, 5.74) is 6.68. The van der Waals surface area contributed by atoms with E-state index >= 15 is 0 Å². The molecule has 1 atom stereocenters. The standard InChI is InChI=1S/C23H27NO2/c1-14(2)19-11-8-16(4)20-13-22(17(5)12-21(19)20)26-23(25)24-18-9-6-15(3)7-10-18/h6-10,12-14,19H,11H2,1-5H3,(H,24,25)/t19-/m1/s1. The summed E-state index contributed by atoms with van der Waals surface area (Å²) >= 11 is 0. The molecule has 2 aromatic rings. The number of rotatable bonds is 3. The van der Waals surface area contributed by atoms with E-state index in [1.807, 2.05) is 44.2 Å². The summed E-state index contributed by atoms with van der Waals surface area (Å²) in [4.78, 5) is 12.3. The predicted molar refractivity (Wildman–Crippen MR) is 108 cm³/mol. The van der Waals surface area contributed by atoms with Crippen molar-refractivity contribution in [1.29, 1.82) is 0 Å². The van der Waals surface area contributed by atoms with Crippen LogP contribution >= 0.6 is 0 Å². The van der Waals surface area contributed by atoms with Crippen molar-refractivity contribution in [2.45, 2.75) is 47.0 Å². The summed E-state index contributed by atoms with van der Waals surface area (Å²) in [5, 5.41) is 2.79. The Labute approximate surface area is 156 Å². The van der Waals surface area contributed by atoms with E-state index in [0.29, 0.717) is 17.6 Å². The molecule has 0 saturated carbocycles. The van der Waals surface area contributed by atoms with Crippen LogP contribution in [0.2, 0.25) is 0 Å². The predicted octanol–water partition coefficient (Wildman–Crippen LogP) is 6.46. The van der Waals surface area contributed by atoms with Crippen molar-refractivity contribution < 1.29 is 9.53 Å². The van der Waals surface area contributed by atoms with Crippen molar-refractivity contribution in [2.75, 3.05) is 5.32 Å². The van der Waals surface area contributed by atoms with Gasteiger partial charge in [-0.25, -0.2) is 4.79 Å². The van der Waals surface area contributed by atoms with Gasteiger partial charge < -0.3 is 4.74 Å². The number of aryl methyl sites for hydroxylation is 2. The first kappa shape index (κ1) is 18.2. The first-order valence-electron chi connectivity index (χ1n) is 9.22. The fourth-order valence-corrected chi connectivity index (χ4v) is 3.52. The Bertz CT molecular complexity index is 847. The van der Waals surface area contributed by atoms with Crippen molar-refractivity contribution in [3.63, 3.8) is 0 Å². The molecule has 0 heterocycles. The Morgan fingerprint density at radius 1 is 1.12 bits per heavy atom. The van der Waals surface area contributed by atoms with Gasteiger partial charge in [0.05, 0.1) is 0 Å². The van der Waals surface area contributed by atoms with Crippen LogP contribution in [0.5, 0.6) is 5.75 Å². The Kier molecular flexibility index (Phi) is 5.17. The van der Waals surface area contributed by atoms with Crippen LogP contribution in [0.25, 0.3) is 5.57 Å². The van der Waals surface area contributed by atoms with Crippen LogP contribution in [-0.4, -0.2) is 6.09 Å². The Balaban J connectivity index is 1.83. The van der Waals surface area contributed by atoms with Gasteiger partial charge in [-0.1, -0.05) is 43.7 Å². The molecule has 0 unspecified atom stereocenters. The van der Waals surface area contributed by atoms with Gasteiger partial charge >= 0.3 is 6.09 Å². The second-order valence-electron chi connectivity index (χ2n) is 7.56. The number of carbonyl (C=O) groups is 1. The van der Waals surface area contributed by atoms with Gasteiger partial charge in [0.15, 0.2) is 0 Å². The quantitative estimate of drug-likeness (QED) is 0.690. The zero-order valence-electron chi connectivity index (χ0n) is 16.2. The number of allylic oxidation sites excluding steroid dienone is 2. The molecule has 3 nitrogen and oxygen atoms in total. The number of hydrogen-bond donors (Lipinski definition) is 1. The van der Waals surface area contributed by atoms with Crippen LogP contribution in [0.15, 0.2) is 42.5 Å². The number of ether oxygens (including phenoxy) is 1. The molecule has 26 heavy (non-hydrogen) atoms. The number of hydrogen-bond acceptors (Lipinski definition) is 2. The topological polar surface area (TPSA) is 38.3 Å². The molecule has 1 amide bonds. The number of amides is 1. The van der Waals surface area contributed by atoms with Crippen LogP contribution in [0.4, 0.5) is 10.5 Å². The number of fused-ring (bicyclic) bond motifs is 1. The molecule has 3 heteroatoms. The summed E-state index contributed by atoms with van der Waals surface area (Å²) in [5.74, 6) is 1.71. The van der Waals surface area contributed by atoms with Crippen LogP contribution in [-0.2, 0) is 0 Å². The Morgan fingerprint density at radius 3 is 2.46 bits per heavy atom. The molecule has 0 fully saturated rings. The van der Waals surface area contributed by atoms with Crippen LogP contribution in [0.3, 0.4) is 0 Å². The minimum absolute atomic E-state index is 0.463. The molecule has 0 radical (unpaired) electrons. The van der Waals surface area contributed by atoms with Gasteiger partial charge in [-0.2, -0.15) is 0 Å². The molecule has 0 aromatic heterocycles. The minimum atomic E-state index is -0.463. The van der Waals surface area contributed by atoms with E-state index in [-0.39, 0.29) is 0 Å². The fourth-order valence-electron chi connectivity index (χ4n) is 3.52. The number of carbonyl (C=O) groups excluding carboxylic acids is 1. The largest absolute Gasteiger partial charge is 0.417 e. The van der Waals surface area contributed by atoms with Gasteiger partial charge in [0.1, 0.15) is 5.75 Å². The summed E-state index contributed by atoms with van der Waals surface area (Å²) < 4.78 is 5.61. The highest BCUT2D eigenvalue weighted by Crippen LogP contribution is 2.41. The molecule has 0 saturated heterocycles. The number of nitrogens with one attached hydrogen (secondary N) is 1. The fraction of sp³-hybridized carbons (Fsp3) is 0.348. The maximum absolute atomic E-state index is 12.3. The summed E-state index contributed by atoms with van der Waals surface area (Å²) in [6, 6.07) is 11.9. The first-order chi connectivity index (χ1) is 12.3. The molecule has 1 aliphatic carbocycles. The maximum atomic E-state index is 12.3. The van der Waals surface area contributed by atoms with E-state index in [9.17, 15) is 4.79 Å². The van der Waals surface area contributed by atoms with E-state index in [1.54, 1.807) is 0 Å². The molecule has 1 aliphatic rings. The number of benzene rings is 2. The Morgan fingerprint density at radius 2 is 1.81 bits per heavy atom. The van der Waals surface area contributed by atoms with Gasteiger partial charge in [-0.15, -0.1) is 0 Å². The highest BCUT2D eigenvalue weighted by Gasteiger charge is 2.24. The van der Waals surface area contributed by atoms with Crippen molar-refractivity contribution in [3.05, 3.63) is 64.7 Å². The third-order valence-corrected chi connectivity index (χ3v) is 5.15. The van der Waals surface area contributed by atoms with E-state index in [4.69, 9.17) is 4.74 Å². The minimum Gasteiger partial charge on any atom is -0.410 e. The third kappa shape index (κ3) is 3.82. The zero-order valence-corrected chi connectivity index (χ0v) is 16.2. The van der Waals surface area contributed by atoms with Crippen molar-refractivity contribution in [1.82, 2.24) is 0 Å². The van der Waals surface area contributed by atoms with Gasteiger partial charge in [0.2, 0.25) is 0 Å². The second-order valence-corrected chi connectivity index (χ2v) is 7.56. The lowest BCUT2D eigenvalue weighted by Crippen LogP contribution is -2.18. The SMILES string of the molecule is CC1=CC[C@H](C(C)C)c2cc(C)c(OC(=O)Nc3ccc(C)cc3)cc21. The highest BCUT2D eigenvalue weighted by molar-refractivity contribution is 5.86. The first-order valence-corrected chi connectivity index (χ1v) is 9.22. The zero-order chi connectivity index (χ0) is 18.8. The normalized spacial score (nSPS) is 16.1. The average molecular weight is 349 g/mol. The second kappa shape index (κ2) is 7.36. The molecule has 3 rings (SSSR count). The molecular formula is C23H27NO2. The Hall–Kier alpha value is -2.55. The average Bonchev–Trinajstić information content (AvgIpc) is 2.58. The molecule has 136 valence electrons. The smallest absolute Gasteiger partial charge is 0.410 e. The van der Waals surface area contributed by atoms with Crippen LogP contribution in [0.1, 0.15) is 55.4 Å². The van der Waals surface area contributed by atoms with E-state index in [0.717, 1.165) is 23.2 Å². The lowest BCUT2D eigenvalue weighted by atomic mass is 9.77. The van der Waals surface area contributed by atoms with Gasteiger partial charge in [-0.05, 0) is 79.5 Å².